The Hall–Kier alpha value is -1.88. The van der Waals surface area contributed by atoms with Crippen LogP contribution in [0, 0.1) is 0 Å². The van der Waals surface area contributed by atoms with Gasteiger partial charge in [0.15, 0.2) is 6.10 Å². The van der Waals surface area contributed by atoms with E-state index < -0.39 is 6.10 Å². The molecule has 0 aliphatic heterocycles. The second-order valence-electron chi connectivity index (χ2n) is 24.3. The molecule has 0 saturated heterocycles. The summed E-state index contributed by atoms with van der Waals surface area (Å²) in [5, 5.41) is 9.70. The van der Waals surface area contributed by atoms with Crippen molar-refractivity contribution in [2.24, 2.45) is 0 Å². The predicted molar refractivity (Wildman–Crippen MR) is 344 cm³/mol. The van der Waals surface area contributed by atoms with Crippen LogP contribution in [0.15, 0.2) is 36.5 Å². The van der Waals surface area contributed by atoms with Crippen molar-refractivity contribution in [1.29, 1.82) is 0 Å². The number of hydrogen-bond acceptors (Lipinski definition) is 5. The molecular formula is C73H138O5. The number of rotatable bonds is 67. The van der Waals surface area contributed by atoms with E-state index in [-0.39, 0.29) is 25.2 Å². The highest BCUT2D eigenvalue weighted by atomic mass is 16.6. The SMILES string of the molecule is CCCCCCC/C=C\C/C=C\C/C=C\CCCCCCCCCCCCCCCCC(=O)OC(CO)COC(=O)CCCCCCCCCCCCCCCCCCCCCCCCCCCCCCCCCCCCC. The zero-order chi connectivity index (χ0) is 56.2. The summed E-state index contributed by atoms with van der Waals surface area (Å²) < 4.78 is 10.8. The Balaban J connectivity index is 3.38. The zero-order valence-corrected chi connectivity index (χ0v) is 53.0. The highest BCUT2D eigenvalue weighted by molar-refractivity contribution is 5.70. The second-order valence-corrected chi connectivity index (χ2v) is 24.3. The summed E-state index contributed by atoms with van der Waals surface area (Å²) in [6.45, 7) is 4.19. The van der Waals surface area contributed by atoms with Crippen LogP contribution in [0.25, 0.3) is 0 Å². The summed E-state index contributed by atoms with van der Waals surface area (Å²) in [7, 11) is 0. The van der Waals surface area contributed by atoms with Gasteiger partial charge in [-0.3, -0.25) is 9.59 Å². The van der Waals surface area contributed by atoms with Crippen molar-refractivity contribution in [2.75, 3.05) is 13.2 Å². The monoisotopic (exact) mass is 1100 g/mol. The second kappa shape index (κ2) is 69.4. The Bertz CT molecular complexity index is 1240. The molecule has 5 heteroatoms. The molecule has 0 bridgehead atoms. The average Bonchev–Trinajstić information content (AvgIpc) is 3.44. The molecule has 0 fully saturated rings. The Morgan fingerprint density at radius 3 is 0.769 bits per heavy atom. The molecule has 0 rings (SSSR count). The molecule has 0 spiro atoms. The summed E-state index contributed by atoms with van der Waals surface area (Å²) in [5.41, 5.74) is 0. The summed E-state index contributed by atoms with van der Waals surface area (Å²) in [6.07, 6.45) is 91.9. The highest BCUT2D eigenvalue weighted by Gasteiger charge is 2.16. The first kappa shape index (κ1) is 76.1. The minimum absolute atomic E-state index is 0.0604. The number of carbonyl (C=O) groups excluding carboxylic acids is 2. The third-order valence-electron chi connectivity index (χ3n) is 16.4. The summed E-state index contributed by atoms with van der Waals surface area (Å²) in [6, 6.07) is 0. The molecule has 0 aromatic heterocycles. The van der Waals surface area contributed by atoms with E-state index in [9.17, 15) is 14.7 Å². The Kier molecular flexibility index (Phi) is 67.7. The fourth-order valence-corrected chi connectivity index (χ4v) is 11.1. The molecule has 0 amide bonds. The van der Waals surface area contributed by atoms with E-state index in [0.717, 1.165) is 44.9 Å². The molecule has 0 aliphatic rings. The maximum Gasteiger partial charge on any atom is 0.306 e. The molecule has 460 valence electrons. The molecule has 0 heterocycles. The van der Waals surface area contributed by atoms with E-state index in [4.69, 9.17) is 9.47 Å². The lowest BCUT2D eigenvalue weighted by atomic mass is 10.0. The molecule has 5 nitrogen and oxygen atoms in total. The first-order valence-electron chi connectivity index (χ1n) is 35.5. The van der Waals surface area contributed by atoms with Crippen molar-refractivity contribution >= 4 is 11.9 Å². The number of carbonyl (C=O) groups is 2. The van der Waals surface area contributed by atoms with Crippen LogP contribution in [0.2, 0.25) is 0 Å². The standard InChI is InChI=1S/C73H138O5/c1-3-5-7-9-11-13-15-17-19-21-23-25-27-29-31-33-34-35-36-37-38-40-41-43-45-47-49-51-53-55-57-59-61-63-65-67-72(75)77-70-71(69-74)78-73(76)68-66-64-62-60-58-56-54-52-50-48-46-44-42-39-32-30-28-26-24-22-20-18-16-14-12-10-8-6-4-2/h16,18,22,24,28,30,71,74H,3-15,17,19-21,23,25-27,29,31-70H2,1-2H3/b18-16-,24-22-,30-28-. The van der Waals surface area contributed by atoms with Crippen LogP contribution in [-0.2, 0) is 19.1 Å². The molecule has 0 aromatic rings. The van der Waals surface area contributed by atoms with Gasteiger partial charge in [0, 0.05) is 12.8 Å². The van der Waals surface area contributed by atoms with E-state index in [1.807, 2.05) is 0 Å². The fraction of sp³-hybridized carbons (Fsp3) is 0.890. The molecule has 0 saturated carbocycles. The minimum atomic E-state index is -0.771. The number of aliphatic hydroxyl groups is 1. The molecule has 1 atom stereocenters. The molecular weight excluding hydrogens is 957 g/mol. The van der Waals surface area contributed by atoms with Gasteiger partial charge in [0.2, 0.25) is 0 Å². The van der Waals surface area contributed by atoms with Gasteiger partial charge in [0.1, 0.15) is 6.61 Å². The first-order chi connectivity index (χ1) is 38.6. The largest absolute Gasteiger partial charge is 0.462 e. The van der Waals surface area contributed by atoms with Gasteiger partial charge >= 0.3 is 11.9 Å². The summed E-state index contributed by atoms with van der Waals surface area (Å²) >= 11 is 0. The van der Waals surface area contributed by atoms with Crippen LogP contribution in [0.3, 0.4) is 0 Å². The third-order valence-corrected chi connectivity index (χ3v) is 16.4. The van der Waals surface area contributed by atoms with Crippen LogP contribution in [0.4, 0.5) is 0 Å². The van der Waals surface area contributed by atoms with Crippen molar-refractivity contribution < 1.29 is 24.2 Å². The molecule has 0 aliphatic carbocycles. The number of ether oxygens (including phenoxy) is 2. The topological polar surface area (TPSA) is 72.8 Å². The van der Waals surface area contributed by atoms with E-state index in [1.165, 1.54) is 327 Å². The van der Waals surface area contributed by atoms with Gasteiger partial charge in [-0.05, 0) is 51.4 Å². The van der Waals surface area contributed by atoms with Crippen LogP contribution in [-0.4, -0.2) is 36.4 Å². The van der Waals surface area contributed by atoms with Gasteiger partial charge in [0.25, 0.3) is 0 Å². The Morgan fingerprint density at radius 1 is 0.295 bits per heavy atom. The lowest BCUT2D eigenvalue weighted by molar-refractivity contribution is -0.161. The van der Waals surface area contributed by atoms with Crippen molar-refractivity contribution in [3.05, 3.63) is 36.5 Å². The highest BCUT2D eigenvalue weighted by Crippen LogP contribution is 2.19. The number of unbranched alkanes of at least 4 members (excludes halogenated alkanes) is 53. The Morgan fingerprint density at radius 2 is 0.513 bits per heavy atom. The van der Waals surface area contributed by atoms with E-state index in [0.29, 0.717) is 12.8 Å². The lowest BCUT2D eigenvalue weighted by Gasteiger charge is -2.15. The van der Waals surface area contributed by atoms with E-state index in [1.54, 1.807) is 0 Å². The van der Waals surface area contributed by atoms with Crippen LogP contribution >= 0.6 is 0 Å². The Labute approximate surface area is 488 Å². The third kappa shape index (κ3) is 66.6. The van der Waals surface area contributed by atoms with Gasteiger partial charge in [-0.25, -0.2) is 0 Å². The van der Waals surface area contributed by atoms with Crippen molar-refractivity contribution in [2.45, 2.75) is 405 Å². The van der Waals surface area contributed by atoms with Gasteiger partial charge in [-0.2, -0.15) is 0 Å². The number of allylic oxidation sites excluding steroid dienone is 6. The first-order valence-corrected chi connectivity index (χ1v) is 35.5. The maximum atomic E-state index is 12.4. The normalized spacial score (nSPS) is 12.3. The number of hydrogen-bond donors (Lipinski definition) is 1. The fourth-order valence-electron chi connectivity index (χ4n) is 11.1. The van der Waals surface area contributed by atoms with Crippen molar-refractivity contribution in [3.8, 4) is 0 Å². The van der Waals surface area contributed by atoms with Crippen LogP contribution in [0.1, 0.15) is 399 Å². The summed E-state index contributed by atoms with van der Waals surface area (Å²) in [5.74, 6) is -0.568. The summed E-state index contributed by atoms with van der Waals surface area (Å²) in [4.78, 5) is 24.6. The lowest BCUT2D eigenvalue weighted by Crippen LogP contribution is -2.28. The van der Waals surface area contributed by atoms with Gasteiger partial charge in [-0.15, -0.1) is 0 Å². The zero-order valence-electron chi connectivity index (χ0n) is 53.0. The molecule has 1 N–H and O–H groups in total. The van der Waals surface area contributed by atoms with Gasteiger partial charge < -0.3 is 14.6 Å². The maximum absolute atomic E-state index is 12.4. The molecule has 0 aromatic carbocycles. The van der Waals surface area contributed by atoms with Crippen LogP contribution in [0.5, 0.6) is 0 Å². The number of esters is 2. The quantitative estimate of drug-likeness (QED) is 0.0373. The van der Waals surface area contributed by atoms with Gasteiger partial charge in [0.05, 0.1) is 6.61 Å². The van der Waals surface area contributed by atoms with E-state index >= 15 is 0 Å². The predicted octanol–water partition coefficient (Wildman–Crippen LogP) is 24.5. The minimum Gasteiger partial charge on any atom is -0.462 e. The smallest absolute Gasteiger partial charge is 0.306 e. The average molecular weight is 1100 g/mol. The van der Waals surface area contributed by atoms with Crippen molar-refractivity contribution in [3.63, 3.8) is 0 Å². The van der Waals surface area contributed by atoms with Crippen LogP contribution < -0.4 is 0 Å². The van der Waals surface area contributed by atoms with Crippen molar-refractivity contribution in [1.82, 2.24) is 0 Å². The molecule has 1 unspecified atom stereocenters. The molecule has 78 heavy (non-hydrogen) atoms. The van der Waals surface area contributed by atoms with Gasteiger partial charge in [-0.1, -0.05) is 371 Å². The molecule has 0 radical (unpaired) electrons. The van der Waals surface area contributed by atoms with E-state index in [2.05, 4.69) is 50.3 Å². The number of aliphatic hydroxyl groups excluding tert-OH is 1.